The van der Waals surface area contributed by atoms with Gasteiger partial charge in [-0.05, 0) is 30.2 Å². The number of hydrogen-bond donors (Lipinski definition) is 0. The fourth-order valence-corrected chi connectivity index (χ4v) is 2.36. The molecule has 0 aliphatic heterocycles. The van der Waals surface area contributed by atoms with Gasteiger partial charge in [0.15, 0.2) is 0 Å². The van der Waals surface area contributed by atoms with E-state index < -0.39 is 0 Å². The van der Waals surface area contributed by atoms with Crippen LogP contribution in [0.4, 0.5) is 0 Å². The molecule has 0 bridgehead atoms. The number of carbonyl (C=O) groups is 1. The van der Waals surface area contributed by atoms with E-state index in [1.54, 1.807) is 13.0 Å². The molecule has 0 heterocycles. The highest BCUT2D eigenvalue weighted by Gasteiger charge is 2.10. The summed E-state index contributed by atoms with van der Waals surface area (Å²) in [5.74, 6) is -0.324. The Morgan fingerprint density at radius 1 is 1.14 bits per heavy atom. The van der Waals surface area contributed by atoms with Crippen molar-refractivity contribution in [3.05, 3.63) is 81.5 Å². The van der Waals surface area contributed by atoms with Crippen LogP contribution in [0.5, 0.6) is 0 Å². The quantitative estimate of drug-likeness (QED) is 0.437. The van der Waals surface area contributed by atoms with Gasteiger partial charge in [0.1, 0.15) is 0 Å². The van der Waals surface area contributed by atoms with E-state index in [0.717, 1.165) is 15.6 Å². The molecule has 0 atom stereocenters. The van der Waals surface area contributed by atoms with E-state index >= 15 is 0 Å². The lowest BCUT2D eigenvalue weighted by molar-refractivity contribution is -0.138. The zero-order valence-electron chi connectivity index (χ0n) is 12.4. The highest BCUT2D eigenvalue weighted by Crippen LogP contribution is 2.17. The van der Waals surface area contributed by atoms with Gasteiger partial charge in [-0.25, -0.2) is 4.79 Å². The van der Waals surface area contributed by atoms with E-state index in [1.165, 1.54) is 0 Å². The fourth-order valence-electron chi connectivity index (χ4n) is 1.96. The van der Waals surface area contributed by atoms with Gasteiger partial charge in [0.25, 0.3) is 0 Å². The average molecular weight is 357 g/mol. The molecule has 0 amide bonds. The Balaban J connectivity index is 2.33. The molecule has 2 aromatic carbocycles. The van der Waals surface area contributed by atoms with Crippen LogP contribution < -0.4 is 0 Å². The van der Waals surface area contributed by atoms with Crippen LogP contribution in [0.1, 0.15) is 18.1 Å². The molecule has 0 aliphatic rings. The van der Waals surface area contributed by atoms with E-state index in [9.17, 15) is 4.79 Å². The summed E-state index contributed by atoms with van der Waals surface area (Å²) >= 11 is 3.48. The number of halogens is 1. The van der Waals surface area contributed by atoms with Gasteiger partial charge < -0.3 is 4.74 Å². The summed E-state index contributed by atoms with van der Waals surface area (Å²) < 4.78 is 6.09. The Kier molecular flexibility index (Phi) is 6.20. The van der Waals surface area contributed by atoms with E-state index in [2.05, 4.69) is 21.7 Å². The molecule has 0 radical (unpaired) electrons. The number of hydrogen-bond acceptors (Lipinski definition) is 2. The smallest absolute Gasteiger partial charge is 0.342 e. The van der Waals surface area contributed by atoms with Gasteiger partial charge in [-0.3, -0.25) is 0 Å². The molecule has 0 saturated carbocycles. The second-order valence-electron chi connectivity index (χ2n) is 4.67. The van der Waals surface area contributed by atoms with Crippen molar-refractivity contribution in [1.29, 1.82) is 0 Å². The van der Waals surface area contributed by atoms with Crippen molar-refractivity contribution in [2.45, 2.75) is 13.3 Å². The highest BCUT2D eigenvalue weighted by atomic mass is 79.9. The topological polar surface area (TPSA) is 26.3 Å². The average Bonchev–Trinajstić information content (AvgIpc) is 2.54. The summed E-state index contributed by atoms with van der Waals surface area (Å²) in [4.78, 5) is 12.1. The molecule has 0 N–H and O–H groups in total. The van der Waals surface area contributed by atoms with Gasteiger partial charge in [0.2, 0.25) is 0 Å². The third-order valence-electron chi connectivity index (χ3n) is 3.05. The van der Waals surface area contributed by atoms with Crippen LogP contribution >= 0.6 is 15.9 Å². The molecule has 0 unspecified atom stereocenters. The van der Waals surface area contributed by atoms with Crippen LogP contribution in [0, 0.1) is 0 Å². The SMILES string of the molecule is CCOC(=O)C(=C=Cc1ccccc1Br)Cc1ccccc1. The predicted molar refractivity (Wildman–Crippen MR) is 92.4 cm³/mol. The summed E-state index contributed by atoms with van der Waals surface area (Å²) in [6.45, 7) is 2.16. The lowest BCUT2D eigenvalue weighted by atomic mass is 10.1. The Labute approximate surface area is 139 Å². The van der Waals surface area contributed by atoms with Crippen molar-refractivity contribution in [2.24, 2.45) is 0 Å². The van der Waals surface area contributed by atoms with E-state index in [1.807, 2.05) is 54.6 Å². The van der Waals surface area contributed by atoms with Crippen LogP contribution in [-0.4, -0.2) is 12.6 Å². The Morgan fingerprint density at radius 2 is 1.82 bits per heavy atom. The maximum absolute atomic E-state index is 12.1. The number of esters is 1. The number of carbonyl (C=O) groups excluding carboxylic acids is 1. The molecule has 0 fully saturated rings. The summed E-state index contributed by atoms with van der Waals surface area (Å²) in [5, 5.41) is 0. The molecule has 0 aliphatic carbocycles. The lowest BCUT2D eigenvalue weighted by Crippen LogP contribution is -2.09. The molecule has 2 aromatic rings. The first-order valence-electron chi connectivity index (χ1n) is 7.12. The lowest BCUT2D eigenvalue weighted by Gasteiger charge is -2.05. The fraction of sp³-hybridized carbons (Fsp3) is 0.158. The van der Waals surface area contributed by atoms with Crippen molar-refractivity contribution < 1.29 is 9.53 Å². The zero-order chi connectivity index (χ0) is 15.8. The Bertz CT molecular complexity index is 698. The first kappa shape index (κ1) is 16.3. The van der Waals surface area contributed by atoms with Crippen molar-refractivity contribution >= 4 is 28.0 Å². The molecular weight excluding hydrogens is 340 g/mol. The van der Waals surface area contributed by atoms with Gasteiger partial charge in [0.05, 0.1) is 12.2 Å². The van der Waals surface area contributed by atoms with Crippen molar-refractivity contribution in [3.63, 3.8) is 0 Å². The molecule has 3 heteroatoms. The minimum absolute atomic E-state index is 0.324. The maximum atomic E-state index is 12.1. The molecule has 0 saturated heterocycles. The van der Waals surface area contributed by atoms with Crippen LogP contribution in [0.2, 0.25) is 0 Å². The minimum atomic E-state index is -0.324. The molecule has 2 nitrogen and oxygen atoms in total. The van der Waals surface area contributed by atoms with Crippen LogP contribution in [-0.2, 0) is 16.0 Å². The second-order valence-corrected chi connectivity index (χ2v) is 5.53. The largest absolute Gasteiger partial charge is 0.462 e. The van der Waals surface area contributed by atoms with E-state index in [0.29, 0.717) is 18.6 Å². The molecule has 112 valence electrons. The number of ether oxygens (including phenoxy) is 1. The standard InChI is InChI=1S/C19H17BrO2/c1-2-22-19(21)17(14-15-8-4-3-5-9-15)13-12-16-10-6-7-11-18(16)20/h3-12H,2,14H2,1H3. The van der Waals surface area contributed by atoms with E-state index in [-0.39, 0.29) is 5.97 Å². The predicted octanol–water partition coefficient (Wildman–Crippen LogP) is 4.79. The first-order chi connectivity index (χ1) is 10.7. The van der Waals surface area contributed by atoms with Crippen molar-refractivity contribution in [1.82, 2.24) is 0 Å². The van der Waals surface area contributed by atoms with Gasteiger partial charge >= 0.3 is 5.97 Å². The van der Waals surface area contributed by atoms with Crippen LogP contribution in [0.15, 0.2) is 70.4 Å². The minimum Gasteiger partial charge on any atom is -0.462 e. The molecule has 0 aromatic heterocycles. The number of rotatable bonds is 5. The number of benzene rings is 2. The van der Waals surface area contributed by atoms with Crippen LogP contribution in [0.3, 0.4) is 0 Å². The maximum Gasteiger partial charge on any atom is 0.342 e. The third-order valence-corrected chi connectivity index (χ3v) is 3.77. The summed E-state index contributed by atoms with van der Waals surface area (Å²) in [7, 11) is 0. The Morgan fingerprint density at radius 3 is 2.50 bits per heavy atom. The van der Waals surface area contributed by atoms with Crippen LogP contribution in [0.25, 0.3) is 6.08 Å². The molecule has 2 rings (SSSR count). The monoisotopic (exact) mass is 356 g/mol. The molecule has 0 spiro atoms. The van der Waals surface area contributed by atoms with Crippen molar-refractivity contribution in [2.75, 3.05) is 6.61 Å². The zero-order valence-corrected chi connectivity index (χ0v) is 14.0. The highest BCUT2D eigenvalue weighted by molar-refractivity contribution is 9.10. The third kappa shape index (κ3) is 4.73. The normalized spacial score (nSPS) is 9.73. The van der Waals surface area contributed by atoms with Gasteiger partial charge in [-0.2, -0.15) is 0 Å². The van der Waals surface area contributed by atoms with Crippen molar-refractivity contribution in [3.8, 4) is 0 Å². The second kappa shape index (κ2) is 8.38. The van der Waals surface area contributed by atoms with Gasteiger partial charge in [-0.1, -0.05) is 64.5 Å². The van der Waals surface area contributed by atoms with Gasteiger partial charge in [-0.15, -0.1) is 5.73 Å². The Hall–Kier alpha value is -2.09. The molecule has 22 heavy (non-hydrogen) atoms. The van der Waals surface area contributed by atoms with Gasteiger partial charge in [0, 0.05) is 10.9 Å². The summed E-state index contributed by atoms with van der Waals surface area (Å²) in [6, 6.07) is 17.6. The summed E-state index contributed by atoms with van der Waals surface area (Å²) in [6.07, 6.45) is 2.31. The van der Waals surface area contributed by atoms with E-state index in [4.69, 9.17) is 4.74 Å². The first-order valence-corrected chi connectivity index (χ1v) is 7.91. The molecular formula is C19H17BrO2. The summed E-state index contributed by atoms with van der Waals surface area (Å²) in [5.41, 5.74) is 5.64.